The zero-order valence-corrected chi connectivity index (χ0v) is 12.1. The van der Waals surface area contributed by atoms with E-state index in [0.717, 1.165) is 0 Å². The molecule has 0 fully saturated rings. The van der Waals surface area contributed by atoms with Gasteiger partial charge >= 0.3 is 0 Å². The highest BCUT2D eigenvalue weighted by molar-refractivity contribution is 5.96. The van der Waals surface area contributed by atoms with Crippen LogP contribution in [-0.2, 0) is 0 Å². The number of nitrogens with zero attached hydrogens (tertiary/aromatic N) is 2. The van der Waals surface area contributed by atoms with Gasteiger partial charge < -0.3 is 15.2 Å². The number of rotatable bonds is 6. The molecule has 0 amide bonds. The van der Waals surface area contributed by atoms with E-state index in [1.54, 1.807) is 25.1 Å². The van der Waals surface area contributed by atoms with Crippen molar-refractivity contribution in [2.75, 3.05) is 0 Å². The third-order valence-electron chi connectivity index (χ3n) is 3.24. The molecule has 2 heterocycles. The van der Waals surface area contributed by atoms with Crippen molar-refractivity contribution in [2.45, 2.75) is 32.3 Å². The predicted molar refractivity (Wildman–Crippen MR) is 79.6 cm³/mol. The van der Waals surface area contributed by atoms with Gasteiger partial charge in [0.15, 0.2) is 17.3 Å². The van der Waals surface area contributed by atoms with Crippen LogP contribution < -0.4 is 5.56 Å². The average Bonchev–Trinajstić information content (AvgIpc) is 2.55. The quantitative estimate of drug-likeness (QED) is 0.692. The molecule has 0 radical (unpaired) electrons. The van der Waals surface area contributed by atoms with Crippen molar-refractivity contribution < 1.29 is 15.0 Å². The summed E-state index contributed by atoms with van der Waals surface area (Å²) in [4.78, 5) is 34.3. The lowest BCUT2D eigenvalue weighted by molar-refractivity contribution is 0.0929. The fourth-order valence-electron chi connectivity index (χ4n) is 1.91. The van der Waals surface area contributed by atoms with Crippen molar-refractivity contribution in [2.24, 2.45) is 0 Å². The van der Waals surface area contributed by atoms with Crippen molar-refractivity contribution in [3.63, 3.8) is 0 Å². The largest absolute Gasteiger partial charge is 0.501 e. The van der Waals surface area contributed by atoms with Gasteiger partial charge in [0.1, 0.15) is 5.69 Å². The van der Waals surface area contributed by atoms with E-state index < -0.39 is 23.2 Å². The van der Waals surface area contributed by atoms with Crippen molar-refractivity contribution in [1.29, 1.82) is 0 Å². The summed E-state index contributed by atoms with van der Waals surface area (Å²) < 4.78 is 0. The zero-order chi connectivity index (χ0) is 16.1. The topological polar surface area (TPSA) is 116 Å². The van der Waals surface area contributed by atoms with E-state index in [9.17, 15) is 19.8 Å². The highest BCUT2D eigenvalue weighted by Crippen LogP contribution is 2.17. The van der Waals surface area contributed by atoms with Gasteiger partial charge in [0.05, 0.1) is 6.10 Å². The van der Waals surface area contributed by atoms with Gasteiger partial charge in [-0.3, -0.25) is 14.6 Å². The maximum Gasteiger partial charge on any atom is 0.294 e. The molecular weight excluding hydrogens is 286 g/mol. The fraction of sp³-hybridized carbons (Fsp3) is 0.333. The highest BCUT2D eigenvalue weighted by atomic mass is 16.3. The van der Waals surface area contributed by atoms with E-state index in [-0.39, 0.29) is 24.4 Å². The van der Waals surface area contributed by atoms with Crippen LogP contribution in [0, 0.1) is 0 Å². The molecule has 22 heavy (non-hydrogen) atoms. The van der Waals surface area contributed by atoms with Gasteiger partial charge in [0.25, 0.3) is 5.56 Å². The van der Waals surface area contributed by atoms with Crippen molar-refractivity contribution in [3.05, 3.63) is 40.4 Å². The standard InChI is InChI=1S/C15H17N3O4/c1-2-9(19)6-7-11(20)12-13(21)15(22)18-14(17-12)10-5-3-4-8-16-10/h3-5,8-9,19,21H,2,6-7H2,1H3,(H,17,18,22). The number of hydrogen-bond donors (Lipinski definition) is 3. The number of Topliss-reactive ketones (excluding diaryl/α,β-unsaturated/α-hetero) is 1. The van der Waals surface area contributed by atoms with E-state index >= 15 is 0 Å². The number of aromatic hydroxyl groups is 1. The van der Waals surface area contributed by atoms with E-state index in [4.69, 9.17) is 0 Å². The third kappa shape index (κ3) is 3.56. The van der Waals surface area contributed by atoms with Crippen LogP contribution >= 0.6 is 0 Å². The smallest absolute Gasteiger partial charge is 0.294 e. The summed E-state index contributed by atoms with van der Waals surface area (Å²) in [5.74, 6) is -1.09. The number of H-pyrrole nitrogens is 1. The molecule has 0 aromatic carbocycles. The van der Waals surface area contributed by atoms with Gasteiger partial charge in [0.2, 0.25) is 5.75 Å². The molecule has 7 heteroatoms. The number of ketones is 1. The molecule has 2 rings (SSSR count). The van der Waals surface area contributed by atoms with Gasteiger partial charge in [0, 0.05) is 12.6 Å². The maximum atomic E-state index is 12.1. The summed E-state index contributed by atoms with van der Waals surface area (Å²) >= 11 is 0. The van der Waals surface area contributed by atoms with E-state index in [1.165, 1.54) is 6.20 Å². The summed E-state index contributed by atoms with van der Waals surface area (Å²) in [6.45, 7) is 1.80. The first-order valence-corrected chi connectivity index (χ1v) is 6.98. The molecule has 7 nitrogen and oxygen atoms in total. The minimum Gasteiger partial charge on any atom is -0.501 e. The molecule has 1 atom stereocenters. The first-order valence-electron chi connectivity index (χ1n) is 6.98. The van der Waals surface area contributed by atoms with Crippen LogP contribution in [-0.4, -0.2) is 37.1 Å². The Morgan fingerprint density at radius 3 is 2.82 bits per heavy atom. The molecule has 0 saturated carbocycles. The van der Waals surface area contributed by atoms with Crippen LogP contribution in [0.25, 0.3) is 11.5 Å². The third-order valence-corrected chi connectivity index (χ3v) is 3.24. The monoisotopic (exact) mass is 303 g/mol. The number of hydrogen-bond acceptors (Lipinski definition) is 6. The van der Waals surface area contributed by atoms with Crippen LogP contribution in [0.3, 0.4) is 0 Å². The number of carbonyl (C=O) groups is 1. The van der Waals surface area contributed by atoms with Gasteiger partial charge in [-0.2, -0.15) is 0 Å². The first kappa shape index (κ1) is 15.8. The Balaban J connectivity index is 2.33. The first-order chi connectivity index (χ1) is 10.5. The normalized spacial score (nSPS) is 12.1. The Morgan fingerprint density at radius 2 is 2.18 bits per heavy atom. The van der Waals surface area contributed by atoms with Crippen LogP contribution in [0.5, 0.6) is 5.75 Å². The maximum absolute atomic E-state index is 12.1. The SMILES string of the molecule is CCC(O)CCC(=O)c1nc(-c2ccccn2)[nH]c(=O)c1O. The minimum atomic E-state index is -0.796. The van der Waals surface area contributed by atoms with Crippen molar-refractivity contribution >= 4 is 5.78 Å². The molecule has 2 aromatic rings. The Labute approximate surface area is 126 Å². The molecule has 0 aliphatic heterocycles. The summed E-state index contributed by atoms with van der Waals surface area (Å²) in [7, 11) is 0. The molecule has 116 valence electrons. The van der Waals surface area contributed by atoms with Gasteiger partial charge in [-0.15, -0.1) is 0 Å². The second kappa shape index (κ2) is 6.95. The van der Waals surface area contributed by atoms with Crippen LogP contribution in [0.2, 0.25) is 0 Å². The number of aliphatic hydroxyl groups is 1. The van der Waals surface area contributed by atoms with Crippen LogP contribution in [0.4, 0.5) is 0 Å². The molecular formula is C15H17N3O4. The predicted octanol–water partition coefficient (Wildman–Crippen LogP) is 1.27. The van der Waals surface area contributed by atoms with E-state index in [2.05, 4.69) is 15.0 Å². The van der Waals surface area contributed by atoms with E-state index in [1.807, 2.05) is 0 Å². The number of carbonyl (C=O) groups excluding carboxylic acids is 1. The van der Waals surface area contributed by atoms with Crippen molar-refractivity contribution in [3.8, 4) is 17.3 Å². The molecule has 1 unspecified atom stereocenters. The second-order valence-electron chi connectivity index (χ2n) is 4.85. The molecule has 0 aliphatic carbocycles. The van der Waals surface area contributed by atoms with Crippen LogP contribution in [0.15, 0.2) is 29.2 Å². The summed E-state index contributed by atoms with van der Waals surface area (Å²) in [5, 5.41) is 19.2. The summed E-state index contributed by atoms with van der Waals surface area (Å²) in [6.07, 6.45) is 1.72. The number of pyridine rings is 1. The molecule has 2 aromatic heterocycles. The zero-order valence-electron chi connectivity index (χ0n) is 12.1. The van der Waals surface area contributed by atoms with Gasteiger partial charge in [-0.05, 0) is 25.0 Å². The Hall–Kier alpha value is -2.54. The van der Waals surface area contributed by atoms with Crippen LogP contribution in [0.1, 0.15) is 36.7 Å². The number of nitrogens with one attached hydrogen (secondary N) is 1. The Kier molecular flexibility index (Phi) is 5.00. The average molecular weight is 303 g/mol. The molecule has 0 aliphatic rings. The molecule has 0 spiro atoms. The fourth-order valence-corrected chi connectivity index (χ4v) is 1.91. The second-order valence-corrected chi connectivity index (χ2v) is 4.85. The highest BCUT2D eigenvalue weighted by Gasteiger charge is 2.19. The van der Waals surface area contributed by atoms with Gasteiger partial charge in [-0.1, -0.05) is 13.0 Å². The molecule has 0 saturated heterocycles. The van der Waals surface area contributed by atoms with E-state index in [0.29, 0.717) is 12.1 Å². The lowest BCUT2D eigenvalue weighted by atomic mass is 10.1. The molecule has 0 bridgehead atoms. The number of aliphatic hydroxyl groups excluding tert-OH is 1. The lowest BCUT2D eigenvalue weighted by Gasteiger charge is -2.08. The summed E-state index contributed by atoms with van der Waals surface area (Å²) in [6, 6.07) is 5.05. The summed E-state index contributed by atoms with van der Waals surface area (Å²) in [5.41, 5.74) is -0.704. The Bertz CT molecular complexity index is 712. The van der Waals surface area contributed by atoms with Crippen molar-refractivity contribution in [1.82, 2.24) is 15.0 Å². The minimum absolute atomic E-state index is 0.000673. The lowest BCUT2D eigenvalue weighted by Crippen LogP contribution is -2.17. The number of aromatic amines is 1. The Morgan fingerprint density at radius 1 is 1.41 bits per heavy atom. The number of aromatic nitrogens is 3. The molecule has 3 N–H and O–H groups in total. The van der Waals surface area contributed by atoms with Gasteiger partial charge in [-0.25, -0.2) is 4.98 Å².